The molecule has 0 saturated carbocycles. The number of amides is 2. The first-order chi connectivity index (χ1) is 10.2. The number of aromatic nitrogens is 2. The maximum absolute atomic E-state index is 11.9. The molecule has 0 radical (unpaired) electrons. The third-order valence-corrected chi connectivity index (χ3v) is 3.20. The van der Waals surface area contributed by atoms with Crippen LogP contribution in [0.2, 0.25) is 0 Å². The Morgan fingerprint density at radius 3 is 2.57 bits per heavy atom. The van der Waals surface area contributed by atoms with Crippen LogP contribution < -0.4 is 10.6 Å². The monoisotopic (exact) mass is 280 g/mol. The number of nitrogens with zero attached hydrogens (tertiary/aromatic N) is 1. The van der Waals surface area contributed by atoms with E-state index in [0.717, 1.165) is 22.5 Å². The molecule has 0 aliphatic carbocycles. The van der Waals surface area contributed by atoms with Gasteiger partial charge in [0.15, 0.2) is 0 Å². The second kappa shape index (κ2) is 5.66. The van der Waals surface area contributed by atoms with Gasteiger partial charge in [-0.1, -0.05) is 30.3 Å². The van der Waals surface area contributed by atoms with Crippen LogP contribution in [0.3, 0.4) is 0 Å². The first-order valence-electron chi connectivity index (χ1n) is 6.79. The molecule has 3 rings (SSSR count). The van der Waals surface area contributed by atoms with Crippen LogP contribution in [0.15, 0.2) is 54.6 Å². The fraction of sp³-hybridized carbons (Fsp3) is 0.125. The smallest absolute Gasteiger partial charge is 0.319 e. The molecule has 5 nitrogen and oxygen atoms in total. The normalized spacial score (nSPS) is 12.0. The molecule has 2 amide bonds. The number of fused-ring (bicyclic) bond motifs is 1. The van der Waals surface area contributed by atoms with E-state index >= 15 is 0 Å². The number of carbonyl (C=O) groups is 1. The van der Waals surface area contributed by atoms with Crippen molar-refractivity contribution in [1.29, 1.82) is 0 Å². The van der Waals surface area contributed by atoms with Crippen molar-refractivity contribution in [1.82, 2.24) is 15.3 Å². The number of H-pyrrole nitrogens is 1. The lowest BCUT2D eigenvalue weighted by Gasteiger charge is -2.12. The summed E-state index contributed by atoms with van der Waals surface area (Å²) in [6.45, 7) is 1.89. The number of urea groups is 1. The van der Waals surface area contributed by atoms with Crippen molar-refractivity contribution in [3.63, 3.8) is 0 Å². The van der Waals surface area contributed by atoms with Gasteiger partial charge in [-0.25, -0.2) is 9.78 Å². The molecule has 0 saturated heterocycles. The third-order valence-electron chi connectivity index (χ3n) is 3.20. The molecule has 21 heavy (non-hydrogen) atoms. The average molecular weight is 280 g/mol. The number of aromatic amines is 1. The van der Waals surface area contributed by atoms with Crippen LogP contribution in [0.5, 0.6) is 0 Å². The fourth-order valence-electron chi connectivity index (χ4n) is 2.13. The molecule has 3 N–H and O–H groups in total. The molecule has 1 aromatic heterocycles. The highest BCUT2D eigenvalue weighted by atomic mass is 16.2. The van der Waals surface area contributed by atoms with E-state index in [4.69, 9.17) is 0 Å². The third kappa shape index (κ3) is 3.02. The highest BCUT2D eigenvalue weighted by molar-refractivity contribution is 5.89. The van der Waals surface area contributed by atoms with Gasteiger partial charge in [-0.05, 0) is 31.2 Å². The minimum absolute atomic E-state index is 0.207. The van der Waals surface area contributed by atoms with Crippen molar-refractivity contribution in [2.24, 2.45) is 0 Å². The molecule has 1 atom stereocenters. The minimum Gasteiger partial charge on any atom is -0.340 e. The molecule has 1 heterocycles. The lowest BCUT2D eigenvalue weighted by molar-refractivity contribution is 0.249. The van der Waals surface area contributed by atoms with Gasteiger partial charge in [-0.15, -0.1) is 0 Å². The topological polar surface area (TPSA) is 69.8 Å². The van der Waals surface area contributed by atoms with Crippen LogP contribution in [0.25, 0.3) is 11.0 Å². The number of hydrogen-bond donors (Lipinski definition) is 3. The van der Waals surface area contributed by atoms with E-state index < -0.39 is 0 Å². The van der Waals surface area contributed by atoms with Gasteiger partial charge >= 0.3 is 6.03 Å². The average Bonchev–Trinajstić information content (AvgIpc) is 2.92. The Bertz CT molecular complexity index is 718. The first-order valence-corrected chi connectivity index (χ1v) is 6.79. The molecule has 0 spiro atoms. The zero-order valence-electron chi connectivity index (χ0n) is 11.6. The minimum atomic E-state index is -0.255. The van der Waals surface area contributed by atoms with Crippen molar-refractivity contribution < 1.29 is 4.79 Å². The van der Waals surface area contributed by atoms with Gasteiger partial charge in [0.2, 0.25) is 0 Å². The molecule has 0 unspecified atom stereocenters. The van der Waals surface area contributed by atoms with Crippen LogP contribution >= 0.6 is 0 Å². The Balaban J connectivity index is 1.68. The number of hydrogen-bond acceptors (Lipinski definition) is 2. The number of anilines is 1. The molecule has 0 fully saturated rings. The van der Waals surface area contributed by atoms with Gasteiger partial charge in [0, 0.05) is 5.69 Å². The summed E-state index contributed by atoms with van der Waals surface area (Å²) in [6.07, 6.45) is 0. The highest BCUT2D eigenvalue weighted by Crippen LogP contribution is 2.15. The number of carbonyl (C=O) groups excluding carboxylic acids is 1. The summed E-state index contributed by atoms with van der Waals surface area (Å²) < 4.78 is 0. The summed E-state index contributed by atoms with van der Waals surface area (Å²) in [7, 11) is 0. The number of para-hydroxylation sites is 3. The van der Waals surface area contributed by atoms with E-state index in [0.29, 0.717) is 0 Å². The van der Waals surface area contributed by atoms with E-state index in [1.807, 2.05) is 61.5 Å². The number of rotatable bonds is 3. The quantitative estimate of drug-likeness (QED) is 0.687. The van der Waals surface area contributed by atoms with Crippen molar-refractivity contribution >= 4 is 22.8 Å². The van der Waals surface area contributed by atoms with Crippen LogP contribution in [0, 0.1) is 0 Å². The van der Waals surface area contributed by atoms with Crippen LogP contribution in [-0.4, -0.2) is 16.0 Å². The molecule has 0 aliphatic rings. The van der Waals surface area contributed by atoms with Gasteiger partial charge in [-0.2, -0.15) is 0 Å². The maximum atomic E-state index is 11.9. The second-order valence-corrected chi connectivity index (χ2v) is 4.83. The van der Waals surface area contributed by atoms with Crippen LogP contribution in [0.1, 0.15) is 18.8 Å². The Morgan fingerprint density at radius 2 is 1.81 bits per heavy atom. The fourth-order valence-corrected chi connectivity index (χ4v) is 2.13. The largest absolute Gasteiger partial charge is 0.340 e. The zero-order valence-corrected chi connectivity index (χ0v) is 11.6. The van der Waals surface area contributed by atoms with Gasteiger partial charge in [0.1, 0.15) is 5.82 Å². The number of benzene rings is 2. The van der Waals surface area contributed by atoms with E-state index in [2.05, 4.69) is 20.6 Å². The van der Waals surface area contributed by atoms with E-state index in [1.54, 1.807) is 0 Å². The van der Waals surface area contributed by atoms with E-state index in [-0.39, 0.29) is 12.1 Å². The number of nitrogens with one attached hydrogen (secondary N) is 3. The summed E-state index contributed by atoms with van der Waals surface area (Å²) in [6, 6.07) is 16.6. The van der Waals surface area contributed by atoms with Crippen LogP contribution in [-0.2, 0) is 0 Å². The standard InChI is InChI=1S/C16H16N4O/c1-11(15-19-13-9-5-6-10-14(13)20-15)17-16(21)18-12-7-3-2-4-8-12/h2-11H,1H3,(H,19,20)(H2,17,18,21)/t11-/m1/s1. The van der Waals surface area contributed by atoms with Crippen molar-refractivity contribution in [3.05, 3.63) is 60.4 Å². The maximum Gasteiger partial charge on any atom is 0.319 e. The van der Waals surface area contributed by atoms with Gasteiger partial charge in [0.05, 0.1) is 17.1 Å². The lowest BCUT2D eigenvalue weighted by atomic mass is 10.3. The summed E-state index contributed by atoms with van der Waals surface area (Å²) >= 11 is 0. The molecule has 0 aliphatic heterocycles. The summed E-state index contributed by atoms with van der Waals surface area (Å²) in [5.41, 5.74) is 2.61. The second-order valence-electron chi connectivity index (χ2n) is 4.83. The molecule has 5 heteroatoms. The summed E-state index contributed by atoms with van der Waals surface area (Å²) in [5, 5.41) is 5.65. The molecule has 0 bridgehead atoms. The van der Waals surface area contributed by atoms with Gasteiger partial charge in [0.25, 0.3) is 0 Å². The van der Waals surface area contributed by atoms with Gasteiger partial charge < -0.3 is 15.6 Å². The van der Waals surface area contributed by atoms with E-state index in [1.165, 1.54) is 0 Å². The zero-order chi connectivity index (χ0) is 14.7. The predicted molar refractivity (Wildman–Crippen MR) is 83.1 cm³/mol. The van der Waals surface area contributed by atoms with Crippen LogP contribution in [0.4, 0.5) is 10.5 Å². The Hall–Kier alpha value is -2.82. The Kier molecular flexibility index (Phi) is 3.55. The molecular formula is C16H16N4O. The first kappa shape index (κ1) is 13.2. The summed E-state index contributed by atoms with van der Waals surface area (Å²) in [5.74, 6) is 0.736. The Morgan fingerprint density at radius 1 is 1.10 bits per heavy atom. The highest BCUT2D eigenvalue weighted by Gasteiger charge is 2.13. The molecular weight excluding hydrogens is 264 g/mol. The lowest BCUT2D eigenvalue weighted by Crippen LogP contribution is -2.31. The van der Waals surface area contributed by atoms with Crippen molar-refractivity contribution in [3.8, 4) is 0 Å². The Labute approximate surface area is 122 Å². The molecule has 3 aromatic rings. The van der Waals surface area contributed by atoms with Crippen molar-refractivity contribution in [2.75, 3.05) is 5.32 Å². The molecule has 2 aromatic carbocycles. The summed E-state index contributed by atoms with van der Waals surface area (Å²) in [4.78, 5) is 19.6. The van der Waals surface area contributed by atoms with Crippen molar-refractivity contribution in [2.45, 2.75) is 13.0 Å². The number of imidazole rings is 1. The predicted octanol–water partition coefficient (Wildman–Crippen LogP) is 3.45. The molecule has 106 valence electrons. The van der Waals surface area contributed by atoms with Gasteiger partial charge in [-0.3, -0.25) is 0 Å². The SMILES string of the molecule is C[C@@H](NC(=O)Nc1ccccc1)c1nc2ccccc2[nH]1. The van der Waals surface area contributed by atoms with E-state index in [9.17, 15) is 4.79 Å².